The average molecular weight is 559 g/mol. The van der Waals surface area contributed by atoms with Gasteiger partial charge in [0.1, 0.15) is 0 Å². The highest BCUT2D eigenvalue weighted by atomic mass is 127. The molecule has 1 aliphatic heterocycles. The van der Waals surface area contributed by atoms with E-state index in [1.165, 1.54) is 16.7 Å². The van der Waals surface area contributed by atoms with Gasteiger partial charge in [-0.2, -0.15) is 0 Å². The number of guanidine groups is 1. The minimum atomic E-state index is 0. The molecule has 1 fully saturated rings. The van der Waals surface area contributed by atoms with Crippen LogP contribution in [0.3, 0.4) is 0 Å². The number of aromatic nitrogens is 1. The molecular weight excluding hydrogens is 525 g/mol. The SMILES string of the molecule is CN=C(NCc1ncc(-c2ccc(C)cc2)o1)NC1CCN(Cc2ccccc2C)CC1.I. The van der Waals surface area contributed by atoms with Crippen molar-refractivity contribution in [2.75, 3.05) is 20.1 Å². The van der Waals surface area contributed by atoms with Crippen molar-refractivity contribution in [1.29, 1.82) is 0 Å². The summed E-state index contributed by atoms with van der Waals surface area (Å²) in [6, 6.07) is 17.3. The largest absolute Gasteiger partial charge is 0.439 e. The lowest BCUT2D eigenvalue weighted by atomic mass is 10.0. The third-order valence-corrected chi connectivity index (χ3v) is 6.10. The highest BCUT2D eigenvalue weighted by Gasteiger charge is 2.20. The van der Waals surface area contributed by atoms with Gasteiger partial charge in [-0.1, -0.05) is 54.1 Å². The van der Waals surface area contributed by atoms with E-state index in [4.69, 9.17) is 4.42 Å². The van der Waals surface area contributed by atoms with E-state index < -0.39 is 0 Å². The number of rotatable bonds is 6. The number of aliphatic imine (C=N–C) groups is 1. The Kier molecular flexibility index (Phi) is 9.31. The first kappa shape index (κ1) is 25.2. The van der Waals surface area contributed by atoms with E-state index >= 15 is 0 Å². The van der Waals surface area contributed by atoms with Gasteiger partial charge in [-0.25, -0.2) is 4.98 Å². The fraction of sp³-hybridized carbons (Fsp3) is 0.385. The molecule has 3 aromatic rings. The molecule has 0 aliphatic carbocycles. The van der Waals surface area contributed by atoms with Crippen LogP contribution >= 0.6 is 24.0 Å². The van der Waals surface area contributed by atoms with Gasteiger partial charge in [-0.3, -0.25) is 9.89 Å². The Bertz CT molecular complexity index is 1040. The van der Waals surface area contributed by atoms with Crippen LogP contribution in [-0.4, -0.2) is 42.0 Å². The van der Waals surface area contributed by atoms with Gasteiger partial charge in [0.25, 0.3) is 0 Å². The topological polar surface area (TPSA) is 65.7 Å². The Balaban J connectivity index is 0.00000306. The molecule has 1 saturated heterocycles. The van der Waals surface area contributed by atoms with Crippen LogP contribution in [0.5, 0.6) is 0 Å². The Hall–Kier alpha value is -2.39. The summed E-state index contributed by atoms with van der Waals surface area (Å²) in [6.45, 7) is 7.96. The van der Waals surface area contributed by atoms with E-state index in [2.05, 4.69) is 87.9 Å². The summed E-state index contributed by atoms with van der Waals surface area (Å²) in [6.07, 6.45) is 3.98. The zero-order valence-corrected chi connectivity index (χ0v) is 22.0. The summed E-state index contributed by atoms with van der Waals surface area (Å²) >= 11 is 0. The minimum Gasteiger partial charge on any atom is -0.439 e. The monoisotopic (exact) mass is 559 g/mol. The van der Waals surface area contributed by atoms with Gasteiger partial charge in [-0.15, -0.1) is 24.0 Å². The second-order valence-corrected chi connectivity index (χ2v) is 8.53. The lowest BCUT2D eigenvalue weighted by Crippen LogP contribution is -2.48. The number of benzene rings is 2. The van der Waals surface area contributed by atoms with Crippen molar-refractivity contribution in [3.63, 3.8) is 0 Å². The fourth-order valence-corrected chi connectivity index (χ4v) is 4.05. The quantitative estimate of drug-likeness (QED) is 0.256. The van der Waals surface area contributed by atoms with Gasteiger partial charge in [0, 0.05) is 38.3 Å². The number of nitrogens with zero attached hydrogens (tertiary/aromatic N) is 3. The molecule has 2 aromatic carbocycles. The molecule has 176 valence electrons. The highest BCUT2D eigenvalue weighted by molar-refractivity contribution is 14.0. The third kappa shape index (κ3) is 7.04. The van der Waals surface area contributed by atoms with Gasteiger partial charge in [0.05, 0.1) is 12.7 Å². The fourth-order valence-electron chi connectivity index (χ4n) is 4.05. The molecule has 4 rings (SSSR count). The predicted molar refractivity (Wildman–Crippen MR) is 145 cm³/mol. The van der Waals surface area contributed by atoms with Crippen LogP contribution in [0, 0.1) is 13.8 Å². The Morgan fingerprint density at radius 2 is 1.82 bits per heavy atom. The Morgan fingerprint density at radius 3 is 2.52 bits per heavy atom. The number of hydrogen-bond donors (Lipinski definition) is 2. The maximum absolute atomic E-state index is 5.91. The summed E-state index contributed by atoms with van der Waals surface area (Å²) in [4.78, 5) is 11.3. The Morgan fingerprint density at radius 1 is 1.09 bits per heavy atom. The predicted octanol–water partition coefficient (Wildman–Crippen LogP) is 4.91. The molecule has 2 heterocycles. The number of nitrogens with one attached hydrogen (secondary N) is 2. The van der Waals surface area contributed by atoms with Gasteiger partial charge < -0.3 is 15.1 Å². The van der Waals surface area contributed by atoms with Gasteiger partial charge in [0.2, 0.25) is 5.89 Å². The molecule has 0 bridgehead atoms. The van der Waals surface area contributed by atoms with Gasteiger partial charge in [-0.05, 0) is 37.8 Å². The highest BCUT2D eigenvalue weighted by Crippen LogP contribution is 2.21. The number of piperidine rings is 1. The molecule has 0 saturated carbocycles. The number of halogens is 1. The van der Waals surface area contributed by atoms with Crippen LogP contribution in [-0.2, 0) is 13.1 Å². The van der Waals surface area contributed by atoms with Crippen LogP contribution in [0.15, 0.2) is 64.1 Å². The number of aryl methyl sites for hydroxylation is 2. The second-order valence-electron chi connectivity index (χ2n) is 8.53. The van der Waals surface area contributed by atoms with Crippen LogP contribution in [0.4, 0.5) is 0 Å². The maximum Gasteiger partial charge on any atom is 0.214 e. The average Bonchev–Trinajstić information content (AvgIpc) is 3.29. The van der Waals surface area contributed by atoms with Crippen molar-refractivity contribution in [3.8, 4) is 11.3 Å². The molecule has 7 heteroatoms. The lowest BCUT2D eigenvalue weighted by molar-refractivity contribution is 0.198. The minimum absolute atomic E-state index is 0. The molecule has 2 N–H and O–H groups in total. The summed E-state index contributed by atoms with van der Waals surface area (Å²) in [5, 5.41) is 6.89. The van der Waals surface area contributed by atoms with Crippen LogP contribution in [0.1, 0.15) is 35.4 Å². The first-order valence-corrected chi connectivity index (χ1v) is 11.4. The van der Waals surface area contributed by atoms with Crippen LogP contribution < -0.4 is 10.6 Å². The molecule has 0 spiro atoms. The summed E-state index contributed by atoms with van der Waals surface area (Å²) < 4.78 is 5.91. The smallest absolute Gasteiger partial charge is 0.214 e. The zero-order chi connectivity index (χ0) is 22.3. The molecular formula is C26H34IN5O. The zero-order valence-electron chi connectivity index (χ0n) is 19.7. The first-order chi connectivity index (χ1) is 15.6. The second kappa shape index (κ2) is 12.2. The maximum atomic E-state index is 5.91. The van der Waals surface area contributed by atoms with Crippen LogP contribution in [0.25, 0.3) is 11.3 Å². The van der Waals surface area contributed by atoms with E-state index in [1.54, 1.807) is 13.2 Å². The van der Waals surface area contributed by atoms with Crippen molar-refractivity contribution in [2.24, 2.45) is 4.99 Å². The summed E-state index contributed by atoms with van der Waals surface area (Å²) in [5.41, 5.74) is 5.06. The van der Waals surface area contributed by atoms with E-state index in [0.717, 1.165) is 49.8 Å². The van der Waals surface area contributed by atoms with Crippen molar-refractivity contribution in [2.45, 2.75) is 45.8 Å². The molecule has 0 unspecified atom stereocenters. The van der Waals surface area contributed by atoms with Gasteiger partial charge in [0.15, 0.2) is 11.7 Å². The Labute approximate surface area is 213 Å². The van der Waals surface area contributed by atoms with Gasteiger partial charge >= 0.3 is 0 Å². The molecule has 33 heavy (non-hydrogen) atoms. The molecule has 0 amide bonds. The molecule has 0 atom stereocenters. The molecule has 1 aliphatic rings. The van der Waals surface area contributed by atoms with E-state index in [1.807, 2.05) is 0 Å². The first-order valence-electron chi connectivity index (χ1n) is 11.4. The third-order valence-electron chi connectivity index (χ3n) is 6.10. The van der Waals surface area contributed by atoms with Crippen molar-refractivity contribution in [1.82, 2.24) is 20.5 Å². The van der Waals surface area contributed by atoms with E-state index in [0.29, 0.717) is 18.5 Å². The standard InChI is InChI=1S/C26H33N5O.HI/c1-19-8-10-21(11-9-19)24-16-28-25(32-24)17-29-26(27-3)30-23-12-14-31(15-13-23)18-22-7-5-4-6-20(22)2;/h4-11,16,23H,12-15,17-18H2,1-3H3,(H2,27,29,30);1H. The molecule has 6 nitrogen and oxygen atoms in total. The summed E-state index contributed by atoms with van der Waals surface area (Å²) in [5.74, 6) is 2.22. The molecule has 1 aromatic heterocycles. The van der Waals surface area contributed by atoms with E-state index in [9.17, 15) is 0 Å². The van der Waals surface area contributed by atoms with E-state index in [-0.39, 0.29) is 24.0 Å². The van der Waals surface area contributed by atoms with Crippen molar-refractivity contribution >= 4 is 29.9 Å². The van der Waals surface area contributed by atoms with Crippen molar-refractivity contribution < 1.29 is 4.42 Å². The van der Waals surface area contributed by atoms with Crippen LogP contribution in [0.2, 0.25) is 0 Å². The number of likely N-dealkylation sites (tertiary alicyclic amines) is 1. The normalized spacial score (nSPS) is 15.2. The lowest BCUT2D eigenvalue weighted by Gasteiger charge is -2.33. The number of hydrogen-bond acceptors (Lipinski definition) is 4. The number of oxazole rings is 1. The summed E-state index contributed by atoms with van der Waals surface area (Å²) in [7, 11) is 1.80. The molecule has 0 radical (unpaired) electrons. The van der Waals surface area contributed by atoms with Crippen molar-refractivity contribution in [3.05, 3.63) is 77.3 Å².